The van der Waals surface area contributed by atoms with Gasteiger partial charge in [-0.25, -0.2) is 0 Å². The van der Waals surface area contributed by atoms with Crippen LogP contribution in [0.25, 0.3) is 0 Å². The van der Waals surface area contributed by atoms with Crippen molar-refractivity contribution in [3.63, 3.8) is 0 Å². The second-order valence-electron chi connectivity index (χ2n) is 5.95. The number of carbonyl (C=O) groups excluding carboxylic acids is 1. The lowest BCUT2D eigenvalue weighted by Crippen LogP contribution is -2.45. The average molecular weight is 274 g/mol. The van der Waals surface area contributed by atoms with Crippen LogP contribution in [0.4, 0.5) is 0 Å². The van der Waals surface area contributed by atoms with E-state index in [0.29, 0.717) is 12.3 Å². The predicted molar refractivity (Wildman–Crippen MR) is 82.5 cm³/mol. The molecule has 0 aliphatic carbocycles. The number of piperidine rings is 1. The Morgan fingerprint density at radius 3 is 2.60 bits per heavy atom. The molecule has 1 heterocycles. The highest BCUT2D eigenvalue weighted by Gasteiger charge is 2.25. The Labute approximate surface area is 122 Å². The van der Waals surface area contributed by atoms with Crippen LogP contribution < -0.4 is 5.73 Å². The molecule has 3 nitrogen and oxygen atoms in total. The molecule has 1 saturated heterocycles. The van der Waals surface area contributed by atoms with Crippen molar-refractivity contribution in [3.8, 4) is 0 Å². The van der Waals surface area contributed by atoms with Crippen LogP contribution in [0, 0.1) is 5.92 Å². The van der Waals surface area contributed by atoms with Gasteiger partial charge in [-0.05, 0) is 43.2 Å². The number of amides is 1. The number of hydrogen-bond acceptors (Lipinski definition) is 2. The molecule has 2 unspecified atom stereocenters. The Hall–Kier alpha value is -1.35. The highest BCUT2D eigenvalue weighted by Crippen LogP contribution is 2.19. The van der Waals surface area contributed by atoms with Crippen LogP contribution in [0.2, 0.25) is 0 Å². The topological polar surface area (TPSA) is 46.3 Å². The summed E-state index contributed by atoms with van der Waals surface area (Å²) in [5.74, 6) is 0.690. The smallest absolute Gasteiger partial charge is 0.226 e. The van der Waals surface area contributed by atoms with E-state index < -0.39 is 0 Å². The van der Waals surface area contributed by atoms with Gasteiger partial charge in [0.25, 0.3) is 0 Å². The zero-order valence-electron chi connectivity index (χ0n) is 12.6. The number of aryl methyl sites for hydroxylation is 1. The van der Waals surface area contributed by atoms with Gasteiger partial charge < -0.3 is 10.6 Å². The third-order valence-electron chi connectivity index (χ3n) is 4.34. The zero-order chi connectivity index (χ0) is 14.5. The largest absolute Gasteiger partial charge is 0.342 e. The summed E-state index contributed by atoms with van der Waals surface area (Å²) in [6, 6.07) is 8.55. The SMILES string of the molecule is CCc1ccc(CC(=O)N2CCCC(C(C)N)C2)cc1. The van der Waals surface area contributed by atoms with E-state index in [4.69, 9.17) is 5.73 Å². The molecule has 3 heteroatoms. The molecule has 20 heavy (non-hydrogen) atoms. The maximum atomic E-state index is 12.4. The van der Waals surface area contributed by atoms with E-state index in [0.717, 1.165) is 37.9 Å². The van der Waals surface area contributed by atoms with Crippen LogP contribution >= 0.6 is 0 Å². The first-order valence-electron chi connectivity index (χ1n) is 7.71. The molecule has 1 amide bonds. The van der Waals surface area contributed by atoms with Gasteiger partial charge >= 0.3 is 0 Å². The standard InChI is InChI=1S/C17H26N2O/c1-3-14-6-8-15(9-7-14)11-17(20)19-10-4-5-16(12-19)13(2)18/h6-9,13,16H,3-5,10-12,18H2,1-2H3. The van der Waals surface area contributed by atoms with Crippen LogP contribution in [0.1, 0.15) is 37.8 Å². The third kappa shape index (κ3) is 3.83. The molecule has 1 aromatic carbocycles. The van der Waals surface area contributed by atoms with E-state index in [1.54, 1.807) is 0 Å². The molecule has 0 saturated carbocycles. The number of hydrogen-bond donors (Lipinski definition) is 1. The van der Waals surface area contributed by atoms with Gasteiger partial charge in [0.05, 0.1) is 6.42 Å². The number of likely N-dealkylation sites (tertiary alicyclic amines) is 1. The predicted octanol–water partition coefficient (Wildman–Crippen LogP) is 2.38. The van der Waals surface area contributed by atoms with E-state index in [1.165, 1.54) is 5.56 Å². The number of benzene rings is 1. The van der Waals surface area contributed by atoms with Crippen LogP contribution in [-0.4, -0.2) is 29.9 Å². The maximum absolute atomic E-state index is 12.4. The van der Waals surface area contributed by atoms with Gasteiger partial charge in [-0.2, -0.15) is 0 Å². The monoisotopic (exact) mass is 274 g/mol. The van der Waals surface area contributed by atoms with Crippen molar-refractivity contribution in [2.24, 2.45) is 11.7 Å². The summed E-state index contributed by atoms with van der Waals surface area (Å²) in [6.45, 7) is 5.89. The molecule has 2 atom stereocenters. The van der Waals surface area contributed by atoms with Crippen molar-refractivity contribution < 1.29 is 4.79 Å². The van der Waals surface area contributed by atoms with Crippen LogP contribution in [-0.2, 0) is 17.6 Å². The fourth-order valence-electron chi connectivity index (χ4n) is 2.84. The van der Waals surface area contributed by atoms with E-state index >= 15 is 0 Å². The zero-order valence-corrected chi connectivity index (χ0v) is 12.6. The fraction of sp³-hybridized carbons (Fsp3) is 0.588. The van der Waals surface area contributed by atoms with Crippen molar-refractivity contribution in [2.45, 2.75) is 45.6 Å². The van der Waals surface area contributed by atoms with E-state index in [-0.39, 0.29) is 11.9 Å². The minimum Gasteiger partial charge on any atom is -0.342 e. The highest BCUT2D eigenvalue weighted by molar-refractivity contribution is 5.78. The van der Waals surface area contributed by atoms with Gasteiger partial charge in [-0.1, -0.05) is 31.2 Å². The van der Waals surface area contributed by atoms with Crippen molar-refractivity contribution in [2.75, 3.05) is 13.1 Å². The number of nitrogens with two attached hydrogens (primary N) is 1. The normalized spacial score (nSPS) is 20.8. The molecular weight excluding hydrogens is 248 g/mol. The number of rotatable bonds is 4. The summed E-state index contributed by atoms with van der Waals surface area (Å²) >= 11 is 0. The fourth-order valence-corrected chi connectivity index (χ4v) is 2.84. The summed E-state index contributed by atoms with van der Waals surface area (Å²) in [6.07, 6.45) is 3.77. The summed E-state index contributed by atoms with van der Waals surface area (Å²) < 4.78 is 0. The summed E-state index contributed by atoms with van der Waals surface area (Å²) in [4.78, 5) is 14.4. The lowest BCUT2D eigenvalue weighted by molar-refractivity contribution is -0.132. The second kappa shape index (κ2) is 6.89. The van der Waals surface area contributed by atoms with Gasteiger partial charge in [0.2, 0.25) is 5.91 Å². The third-order valence-corrected chi connectivity index (χ3v) is 4.34. The van der Waals surface area contributed by atoms with Gasteiger partial charge in [-0.3, -0.25) is 4.79 Å². The van der Waals surface area contributed by atoms with Crippen molar-refractivity contribution in [1.82, 2.24) is 4.90 Å². The minimum atomic E-state index is 0.175. The molecular formula is C17H26N2O. The first-order chi connectivity index (χ1) is 9.60. The van der Waals surface area contributed by atoms with Gasteiger partial charge in [0.1, 0.15) is 0 Å². The van der Waals surface area contributed by atoms with E-state index in [2.05, 4.69) is 31.2 Å². The number of carbonyl (C=O) groups is 1. The van der Waals surface area contributed by atoms with E-state index in [9.17, 15) is 4.79 Å². The van der Waals surface area contributed by atoms with Crippen LogP contribution in [0.5, 0.6) is 0 Å². The Morgan fingerprint density at radius 1 is 1.35 bits per heavy atom. The molecule has 1 aromatic rings. The quantitative estimate of drug-likeness (QED) is 0.916. The molecule has 1 aliphatic rings. The Bertz CT molecular complexity index is 439. The lowest BCUT2D eigenvalue weighted by Gasteiger charge is -2.34. The lowest BCUT2D eigenvalue weighted by atomic mass is 9.92. The van der Waals surface area contributed by atoms with Crippen LogP contribution in [0.3, 0.4) is 0 Å². The molecule has 110 valence electrons. The minimum absolute atomic E-state index is 0.175. The maximum Gasteiger partial charge on any atom is 0.226 e. The van der Waals surface area contributed by atoms with Gasteiger partial charge in [0, 0.05) is 19.1 Å². The molecule has 0 aromatic heterocycles. The molecule has 0 bridgehead atoms. The first-order valence-corrected chi connectivity index (χ1v) is 7.71. The second-order valence-corrected chi connectivity index (χ2v) is 5.95. The molecule has 2 N–H and O–H groups in total. The first kappa shape index (κ1) is 15.0. The molecule has 1 aliphatic heterocycles. The number of nitrogens with zero attached hydrogens (tertiary/aromatic N) is 1. The van der Waals surface area contributed by atoms with Crippen molar-refractivity contribution >= 4 is 5.91 Å². The van der Waals surface area contributed by atoms with E-state index in [1.807, 2.05) is 11.8 Å². The Morgan fingerprint density at radius 2 is 2.00 bits per heavy atom. The summed E-state index contributed by atoms with van der Waals surface area (Å²) in [5, 5.41) is 0. The van der Waals surface area contributed by atoms with Gasteiger partial charge in [-0.15, -0.1) is 0 Å². The van der Waals surface area contributed by atoms with Crippen molar-refractivity contribution in [1.29, 1.82) is 0 Å². The molecule has 2 rings (SSSR count). The highest BCUT2D eigenvalue weighted by atomic mass is 16.2. The molecule has 1 fully saturated rings. The molecule has 0 spiro atoms. The summed E-state index contributed by atoms with van der Waals surface area (Å²) in [5.41, 5.74) is 8.40. The van der Waals surface area contributed by atoms with Gasteiger partial charge in [0.15, 0.2) is 0 Å². The Balaban J connectivity index is 1.93. The molecule has 0 radical (unpaired) electrons. The Kier molecular flexibility index (Phi) is 5.18. The van der Waals surface area contributed by atoms with Crippen molar-refractivity contribution in [3.05, 3.63) is 35.4 Å². The average Bonchev–Trinajstić information content (AvgIpc) is 2.48. The summed E-state index contributed by atoms with van der Waals surface area (Å²) in [7, 11) is 0. The van der Waals surface area contributed by atoms with Crippen LogP contribution in [0.15, 0.2) is 24.3 Å².